The van der Waals surface area contributed by atoms with Crippen LogP contribution in [0.4, 0.5) is 0 Å². The minimum Gasteiger partial charge on any atom is -0.391 e. The lowest BCUT2D eigenvalue weighted by atomic mass is 9.50. The number of hydrogen-bond donors (Lipinski definition) is 3. The summed E-state index contributed by atoms with van der Waals surface area (Å²) in [5.41, 5.74) is 0.540. The first kappa shape index (κ1) is 23.0. The number of aliphatic hydroxyl groups is 2. The lowest BCUT2D eigenvalue weighted by molar-refractivity contribution is -0.144. The van der Waals surface area contributed by atoms with Crippen LogP contribution < -0.4 is 5.32 Å². The lowest BCUT2D eigenvalue weighted by Gasteiger charge is -2.55. The van der Waals surface area contributed by atoms with Crippen molar-refractivity contribution in [1.29, 1.82) is 0 Å². The van der Waals surface area contributed by atoms with Gasteiger partial charge in [0.05, 0.1) is 12.2 Å². The maximum absolute atomic E-state index is 13.0. The summed E-state index contributed by atoms with van der Waals surface area (Å²) in [5, 5.41) is 24.2. The van der Waals surface area contributed by atoms with E-state index in [0.29, 0.717) is 11.8 Å². The van der Waals surface area contributed by atoms with Crippen molar-refractivity contribution in [2.24, 2.45) is 35.0 Å². The lowest BCUT2D eigenvalue weighted by Crippen LogP contribution is -2.55. The molecule has 2 aliphatic carbocycles. The van der Waals surface area contributed by atoms with Crippen LogP contribution in [0.2, 0.25) is 0 Å². The molecule has 1 amide bonds. The van der Waals surface area contributed by atoms with Gasteiger partial charge in [0.1, 0.15) is 12.0 Å². The first-order chi connectivity index (χ1) is 14.1. The minimum atomic E-state index is -1.14. The predicted octanol–water partition coefficient (Wildman–Crippen LogP) is 3.18. The molecule has 2 fully saturated rings. The number of rotatable bonds is 5. The fourth-order valence-corrected chi connectivity index (χ4v) is 6.25. The predicted molar refractivity (Wildman–Crippen MR) is 117 cm³/mol. The van der Waals surface area contributed by atoms with Gasteiger partial charge in [-0.15, -0.1) is 0 Å². The van der Waals surface area contributed by atoms with Crippen molar-refractivity contribution in [2.45, 2.75) is 72.1 Å². The molecule has 0 radical (unpaired) electrons. The van der Waals surface area contributed by atoms with Gasteiger partial charge in [0.25, 0.3) is 0 Å². The Morgan fingerprint density at radius 2 is 1.93 bits per heavy atom. The molecule has 0 spiro atoms. The second-order valence-electron chi connectivity index (χ2n) is 9.91. The summed E-state index contributed by atoms with van der Waals surface area (Å²) in [6.45, 7) is 9.88. The summed E-state index contributed by atoms with van der Waals surface area (Å²) >= 11 is 0. The van der Waals surface area contributed by atoms with Crippen LogP contribution in [0.5, 0.6) is 0 Å². The number of nitrogens with one attached hydrogen (secondary N) is 1. The Morgan fingerprint density at radius 3 is 2.53 bits per heavy atom. The quantitative estimate of drug-likeness (QED) is 0.366. The van der Waals surface area contributed by atoms with Crippen LogP contribution in [-0.4, -0.2) is 40.2 Å². The van der Waals surface area contributed by atoms with Gasteiger partial charge in [0.2, 0.25) is 5.91 Å². The third-order valence-corrected chi connectivity index (χ3v) is 7.83. The summed E-state index contributed by atoms with van der Waals surface area (Å²) in [6, 6.07) is -0.944. The van der Waals surface area contributed by atoms with Gasteiger partial charge in [-0.25, -0.2) is 0 Å². The number of Topliss-reactive ketones (excluding diaryl/α,β-unsaturated/α-hetero) is 1. The summed E-state index contributed by atoms with van der Waals surface area (Å²) in [4.78, 5) is 25.7. The number of fused-ring (bicyclic) bond motifs is 1. The highest BCUT2D eigenvalue weighted by atomic mass is 16.3. The topological polar surface area (TPSA) is 86.6 Å². The second-order valence-corrected chi connectivity index (χ2v) is 9.91. The average molecular weight is 416 g/mol. The monoisotopic (exact) mass is 415 g/mol. The standard InChI is InChI=1S/C25H37NO4/c1-6-7-8-9-18-15(3)13-17-12-14(2)10-11-19(17)25(18,5)23(29)20-22(28)21(16(4)27)26-24(20)30/h6-9,13-14,16-21,23,27,29H,10-12H2,1-5H3,(H,26,30)/b7-6+,9-8+/t14-,16?,17+,18-,19-,20?,21?,23-,25-/m1/s1. The van der Waals surface area contributed by atoms with Crippen molar-refractivity contribution in [1.82, 2.24) is 5.32 Å². The fraction of sp³-hybridized carbons (Fsp3) is 0.680. The first-order valence-corrected chi connectivity index (χ1v) is 11.3. The molecule has 3 rings (SSSR count). The molecule has 0 aromatic carbocycles. The Bertz CT molecular complexity index is 767. The van der Waals surface area contributed by atoms with Crippen molar-refractivity contribution in [3.63, 3.8) is 0 Å². The minimum absolute atomic E-state index is 0.0652. The van der Waals surface area contributed by atoms with Gasteiger partial charge in [-0.1, -0.05) is 56.2 Å². The fourth-order valence-electron chi connectivity index (χ4n) is 6.25. The normalized spacial score (nSPS) is 41.6. The van der Waals surface area contributed by atoms with Crippen molar-refractivity contribution < 1.29 is 19.8 Å². The summed E-state index contributed by atoms with van der Waals surface area (Å²) < 4.78 is 0. The zero-order valence-electron chi connectivity index (χ0n) is 18.8. The molecule has 9 atom stereocenters. The molecule has 1 aliphatic heterocycles. The van der Waals surface area contributed by atoms with E-state index in [1.165, 1.54) is 12.5 Å². The molecule has 166 valence electrons. The van der Waals surface area contributed by atoms with Gasteiger partial charge in [-0.2, -0.15) is 0 Å². The second kappa shape index (κ2) is 8.80. The number of allylic oxidation sites excluding steroid dienone is 6. The van der Waals surface area contributed by atoms with Gasteiger partial charge >= 0.3 is 0 Å². The maximum Gasteiger partial charge on any atom is 0.234 e. The molecule has 5 heteroatoms. The Labute approximate surface area is 180 Å². The van der Waals surface area contributed by atoms with Crippen LogP contribution in [0.3, 0.4) is 0 Å². The van der Waals surface area contributed by atoms with Crippen molar-refractivity contribution >= 4 is 11.7 Å². The summed E-state index contributed by atoms with van der Waals surface area (Å²) in [5.74, 6) is -0.909. The highest BCUT2D eigenvalue weighted by molar-refractivity contribution is 6.11. The highest BCUT2D eigenvalue weighted by Crippen LogP contribution is 2.57. The van der Waals surface area contributed by atoms with E-state index < -0.39 is 41.3 Å². The number of hydrogen-bond acceptors (Lipinski definition) is 4. The van der Waals surface area contributed by atoms with Gasteiger partial charge in [0.15, 0.2) is 5.78 Å². The SMILES string of the molecule is C/C=C/C=C/[C@@H]1C(C)=C[C@@H]2C[C@H](C)CC[C@H]2[C@]1(C)[C@H](O)C1C(=O)NC(C(C)O)C1=O. The van der Waals surface area contributed by atoms with E-state index >= 15 is 0 Å². The molecular weight excluding hydrogens is 378 g/mol. The first-order valence-electron chi connectivity index (χ1n) is 11.3. The van der Waals surface area contributed by atoms with E-state index in [-0.39, 0.29) is 11.8 Å². The molecule has 1 saturated carbocycles. The average Bonchev–Trinajstić information content (AvgIpc) is 2.97. The molecular formula is C25H37NO4. The smallest absolute Gasteiger partial charge is 0.234 e. The zero-order valence-corrected chi connectivity index (χ0v) is 18.8. The third-order valence-electron chi connectivity index (χ3n) is 7.83. The maximum atomic E-state index is 13.0. The van der Waals surface area contributed by atoms with Crippen LogP contribution in [0, 0.1) is 35.0 Å². The molecule has 0 bridgehead atoms. The Morgan fingerprint density at radius 1 is 1.23 bits per heavy atom. The molecule has 5 nitrogen and oxygen atoms in total. The van der Waals surface area contributed by atoms with Crippen LogP contribution in [0.25, 0.3) is 0 Å². The summed E-state index contributed by atoms with van der Waals surface area (Å²) in [6.07, 6.45) is 11.4. The Kier molecular flexibility index (Phi) is 6.73. The number of amides is 1. The number of carbonyl (C=O) groups is 2. The van der Waals surface area contributed by atoms with E-state index in [1.54, 1.807) is 0 Å². The van der Waals surface area contributed by atoms with Crippen LogP contribution in [0.1, 0.15) is 53.9 Å². The number of ketones is 1. The van der Waals surface area contributed by atoms with Crippen LogP contribution in [-0.2, 0) is 9.59 Å². The van der Waals surface area contributed by atoms with Gasteiger partial charge in [0, 0.05) is 11.3 Å². The van der Waals surface area contributed by atoms with Gasteiger partial charge in [-0.3, -0.25) is 9.59 Å². The largest absolute Gasteiger partial charge is 0.391 e. The highest BCUT2D eigenvalue weighted by Gasteiger charge is 2.59. The van der Waals surface area contributed by atoms with Gasteiger partial charge in [-0.05, 0) is 51.4 Å². The molecule has 1 saturated heterocycles. The third kappa shape index (κ3) is 3.82. The molecule has 0 aromatic heterocycles. The number of carbonyl (C=O) groups excluding carboxylic acids is 2. The van der Waals surface area contributed by atoms with Crippen molar-refractivity contribution in [3.05, 3.63) is 36.0 Å². The van der Waals surface area contributed by atoms with E-state index in [1.807, 2.05) is 25.2 Å². The molecule has 3 N–H and O–H groups in total. The van der Waals surface area contributed by atoms with Crippen LogP contribution >= 0.6 is 0 Å². The van der Waals surface area contributed by atoms with E-state index in [0.717, 1.165) is 19.3 Å². The number of aliphatic hydroxyl groups excluding tert-OH is 2. The Hall–Kier alpha value is -1.72. The van der Waals surface area contributed by atoms with Crippen LogP contribution in [0.15, 0.2) is 36.0 Å². The van der Waals surface area contributed by atoms with E-state index in [9.17, 15) is 19.8 Å². The van der Waals surface area contributed by atoms with Gasteiger partial charge < -0.3 is 15.5 Å². The van der Waals surface area contributed by atoms with E-state index in [2.05, 4.69) is 38.2 Å². The summed E-state index contributed by atoms with van der Waals surface area (Å²) in [7, 11) is 0. The Balaban J connectivity index is 2.05. The molecule has 1 heterocycles. The van der Waals surface area contributed by atoms with Crippen molar-refractivity contribution in [2.75, 3.05) is 0 Å². The van der Waals surface area contributed by atoms with E-state index in [4.69, 9.17) is 0 Å². The molecule has 0 aromatic rings. The molecule has 3 aliphatic rings. The molecule has 3 unspecified atom stereocenters. The zero-order chi connectivity index (χ0) is 22.2. The molecule has 30 heavy (non-hydrogen) atoms. The van der Waals surface area contributed by atoms with Crippen molar-refractivity contribution in [3.8, 4) is 0 Å².